The number of imidazole rings is 1. The molecule has 0 saturated carbocycles. The van der Waals surface area contributed by atoms with E-state index in [4.69, 9.17) is 11.2 Å². The number of carbonyl (C=O) groups excluding carboxylic acids is 1. The first-order valence-electron chi connectivity index (χ1n) is 13.2. The number of phenolic OH excluding ortho intramolecular Hbond substituents is 1. The highest BCUT2D eigenvalue weighted by molar-refractivity contribution is 5.94. The van der Waals surface area contributed by atoms with Crippen molar-refractivity contribution in [3.63, 3.8) is 0 Å². The highest BCUT2D eigenvalue weighted by Crippen LogP contribution is 2.35. The summed E-state index contributed by atoms with van der Waals surface area (Å²) in [6.07, 6.45) is 6.27. The lowest BCUT2D eigenvalue weighted by Gasteiger charge is -2.33. The van der Waals surface area contributed by atoms with Gasteiger partial charge in [-0.2, -0.15) is 5.10 Å². The van der Waals surface area contributed by atoms with Gasteiger partial charge in [0, 0.05) is 26.1 Å². The lowest BCUT2D eigenvalue weighted by molar-refractivity contribution is -0.134. The molecule has 4 heterocycles. The molecule has 0 aliphatic carbocycles. The Bertz CT molecular complexity index is 1660. The molecule has 0 spiro atoms. The van der Waals surface area contributed by atoms with Crippen molar-refractivity contribution in [3.8, 4) is 40.7 Å². The molecule has 2 aliphatic heterocycles. The molecule has 1 atom stereocenters. The summed E-state index contributed by atoms with van der Waals surface area (Å²) in [5.74, 6) is 1.26. The molecule has 9 nitrogen and oxygen atoms in total. The Morgan fingerprint density at radius 1 is 1.25 bits per heavy atom. The van der Waals surface area contributed by atoms with Crippen molar-refractivity contribution in [1.29, 1.82) is 0 Å². The third kappa shape index (κ3) is 4.69. The molecule has 1 saturated heterocycles. The Morgan fingerprint density at radius 3 is 2.90 bits per heavy atom. The molecule has 1 amide bonds. The first kappa shape index (κ1) is 26.0. The molecule has 11 heteroatoms. The van der Waals surface area contributed by atoms with E-state index >= 15 is 4.39 Å². The SMILES string of the molecule is C#CC1CN(CC(=O)N2CCc3nc(-c4n[nH]c5cc(-c6cc(F)c(O)cc6CC)cc(F)c45)[nH]c3C2)CCO1. The van der Waals surface area contributed by atoms with E-state index < -0.39 is 17.4 Å². The summed E-state index contributed by atoms with van der Waals surface area (Å²) >= 11 is 0. The number of terminal acetylenes is 1. The number of aromatic hydroxyl groups is 1. The van der Waals surface area contributed by atoms with Gasteiger partial charge in [-0.05, 0) is 47.4 Å². The summed E-state index contributed by atoms with van der Waals surface area (Å²) in [6.45, 7) is 4.71. The quantitative estimate of drug-likeness (QED) is 0.331. The molecule has 206 valence electrons. The van der Waals surface area contributed by atoms with Gasteiger partial charge >= 0.3 is 0 Å². The number of benzene rings is 2. The average molecular weight is 547 g/mol. The van der Waals surface area contributed by atoms with E-state index in [9.17, 15) is 14.3 Å². The monoisotopic (exact) mass is 546 g/mol. The lowest BCUT2D eigenvalue weighted by Crippen LogP contribution is -2.48. The Kier molecular flexibility index (Phi) is 6.73. The van der Waals surface area contributed by atoms with Crippen LogP contribution >= 0.6 is 0 Å². The zero-order valence-electron chi connectivity index (χ0n) is 21.9. The number of aromatic nitrogens is 4. The standard InChI is InChI=1S/C29H28F2N6O3/c1-3-16-11-25(38)20(30)12-19(16)17-9-21(31)27-23(10-17)34-35-28(27)29-32-22-5-6-37(14-24(22)33-29)26(39)15-36-7-8-40-18(4-2)13-36/h2,9-12,18,38H,3,5-8,13-15H2,1H3,(H,32,33)(H,34,35). The molecule has 6 rings (SSSR count). The number of H-pyrrole nitrogens is 2. The average Bonchev–Trinajstić information content (AvgIpc) is 3.58. The van der Waals surface area contributed by atoms with Gasteiger partial charge in [0.15, 0.2) is 17.4 Å². The molecule has 40 heavy (non-hydrogen) atoms. The van der Waals surface area contributed by atoms with E-state index in [0.29, 0.717) is 79.4 Å². The van der Waals surface area contributed by atoms with Crippen molar-refractivity contribution < 1.29 is 23.4 Å². The van der Waals surface area contributed by atoms with Crippen molar-refractivity contribution in [1.82, 2.24) is 30.0 Å². The highest BCUT2D eigenvalue weighted by atomic mass is 19.1. The van der Waals surface area contributed by atoms with Crippen LogP contribution < -0.4 is 0 Å². The van der Waals surface area contributed by atoms with Crippen molar-refractivity contribution in [2.75, 3.05) is 32.8 Å². The third-order valence-corrected chi connectivity index (χ3v) is 7.58. The van der Waals surface area contributed by atoms with Gasteiger partial charge in [-0.25, -0.2) is 13.8 Å². The first-order chi connectivity index (χ1) is 19.3. The van der Waals surface area contributed by atoms with Gasteiger partial charge < -0.3 is 19.7 Å². The fourth-order valence-electron chi connectivity index (χ4n) is 5.46. The molecule has 0 radical (unpaired) electrons. The normalized spacial score (nSPS) is 17.6. The number of rotatable bonds is 5. The first-order valence-corrected chi connectivity index (χ1v) is 13.2. The smallest absolute Gasteiger partial charge is 0.237 e. The Hall–Kier alpha value is -4.27. The summed E-state index contributed by atoms with van der Waals surface area (Å²) in [5, 5.41) is 17.2. The van der Waals surface area contributed by atoms with Gasteiger partial charge in [-0.15, -0.1) is 6.42 Å². The molecule has 0 bridgehead atoms. The number of morpholine rings is 1. The molecule has 2 aliphatic rings. The number of nitrogens with one attached hydrogen (secondary N) is 2. The van der Waals surface area contributed by atoms with Crippen molar-refractivity contribution in [2.45, 2.75) is 32.4 Å². The second-order valence-corrected chi connectivity index (χ2v) is 10.1. The number of halogens is 2. The Morgan fingerprint density at radius 2 is 2.10 bits per heavy atom. The van der Waals surface area contributed by atoms with E-state index in [1.807, 2.05) is 11.8 Å². The number of amides is 1. The van der Waals surface area contributed by atoms with Gasteiger partial charge in [0.2, 0.25) is 5.91 Å². The number of nitrogens with zero attached hydrogens (tertiary/aromatic N) is 4. The van der Waals surface area contributed by atoms with E-state index in [0.717, 1.165) is 11.4 Å². The maximum absolute atomic E-state index is 15.5. The van der Waals surface area contributed by atoms with E-state index in [2.05, 4.69) is 26.1 Å². The number of carbonyl (C=O) groups is 1. The predicted molar refractivity (Wildman–Crippen MR) is 144 cm³/mol. The minimum atomic E-state index is -0.770. The van der Waals surface area contributed by atoms with Crippen LogP contribution in [-0.2, 0) is 28.9 Å². The predicted octanol–water partition coefficient (Wildman–Crippen LogP) is 3.38. The van der Waals surface area contributed by atoms with Crippen LogP contribution in [0.1, 0.15) is 23.9 Å². The summed E-state index contributed by atoms with van der Waals surface area (Å²) in [6, 6.07) is 5.62. The van der Waals surface area contributed by atoms with Crippen LogP contribution in [0.3, 0.4) is 0 Å². The zero-order chi connectivity index (χ0) is 28.0. The molecule has 2 aromatic heterocycles. The minimum Gasteiger partial charge on any atom is -0.505 e. The molecule has 4 aromatic rings. The number of phenols is 1. The number of hydrogen-bond acceptors (Lipinski definition) is 6. The van der Waals surface area contributed by atoms with Crippen LogP contribution in [0.2, 0.25) is 0 Å². The van der Waals surface area contributed by atoms with Crippen LogP contribution in [0, 0.1) is 24.0 Å². The molecular formula is C29H28F2N6O3. The highest BCUT2D eigenvalue weighted by Gasteiger charge is 2.28. The van der Waals surface area contributed by atoms with Gasteiger partial charge in [-0.3, -0.25) is 14.8 Å². The molecule has 1 unspecified atom stereocenters. The summed E-state index contributed by atoms with van der Waals surface area (Å²) < 4.78 is 35.2. The molecule has 3 N–H and O–H groups in total. The van der Waals surface area contributed by atoms with E-state index in [1.165, 1.54) is 18.2 Å². The number of ether oxygens (including phenoxy) is 1. The Labute approximate surface area is 229 Å². The Balaban J connectivity index is 1.24. The third-order valence-electron chi connectivity index (χ3n) is 7.58. The maximum Gasteiger partial charge on any atom is 0.237 e. The van der Waals surface area contributed by atoms with Gasteiger partial charge in [0.1, 0.15) is 17.6 Å². The van der Waals surface area contributed by atoms with E-state index in [-0.39, 0.29) is 23.9 Å². The fourth-order valence-corrected chi connectivity index (χ4v) is 5.46. The second-order valence-electron chi connectivity index (χ2n) is 10.1. The van der Waals surface area contributed by atoms with Crippen LogP contribution in [0.4, 0.5) is 8.78 Å². The van der Waals surface area contributed by atoms with Crippen LogP contribution in [0.25, 0.3) is 33.5 Å². The molecular weight excluding hydrogens is 518 g/mol. The molecule has 1 fully saturated rings. The summed E-state index contributed by atoms with van der Waals surface area (Å²) in [5.41, 5.74) is 4.03. The second kappa shape index (κ2) is 10.4. The van der Waals surface area contributed by atoms with Gasteiger partial charge in [0.05, 0.1) is 42.0 Å². The van der Waals surface area contributed by atoms with Crippen LogP contribution in [0.5, 0.6) is 5.75 Å². The largest absolute Gasteiger partial charge is 0.505 e. The minimum absolute atomic E-state index is 0.000352. The summed E-state index contributed by atoms with van der Waals surface area (Å²) in [4.78, 5) is 24.7. The van der Waals surface area contributed by atoms with Crippen LogP contribution in [-0.4, -0.2) is 79.9 Å². The fraction of sp³-hybridized carbons (Fsp3) is 0.345. The van der Waals surface area contributed by atoms with E-state index in [1.54, 1.807) is 11.0 Å². The number of fused-ring (bicyclic) bond motifs is 2. The van der Waals surface area contributed by atoms with Crippen LogP contribution in [0.15, 0.2) is 24.3 Å². The molecule has 2 aromatic carbocycles. The lowest BCUT2D eigenvalue weighted by atomic mass is 9.96. The number of aryl methyl sites for hydroxylation is 1. The maximum atomic E-state index is 15.5. The van der Waals surface area contributed by atoms with Crippen molar-refractivity contribution >= 4 is 16.8 Å². The number of aromatic amines is 2. The van der Waals surface area contributed by atoms with Gasteiger partial charge in [-0.1, -0.05) is 12.8 Å². The topological polar surface area (TPSA) is 110 Å². The van der Waals surface area contributed by atoms with Crippen molar-refractivity contribution in [2.24, 2.45) is 0 Å². The summed E-state index contributed by atoms with van der Waals surface area (Å²) in [7, 11) is 0. The van der Waals surface area contributed by atoms with Gasteiger partial charge in [0.25, 0.3) is 0 Å². The zero-order valence-corrected chi connectivity index (χ0v) is 21.9. The number of hydrogen-bond donors (Lipinski definition) is 3. The van der Waals surface area contributed by atoms with Crippen molar-refractivity contribution in [3.05, 3.63) is 52.9 Å².